The lowest BCUT2D eigenvalue weighted by Crippen LogP contribution is -2.55. The summed E-state index contributed by atoms with van der Waals surface area (Å²) in [5.74, 6) is -0.602. The van der Waals surface area contributed by atoms with Crippen LogP contribution in [0.2, 0.25) is 0 Å². The normalized spacial score (nSPS) is 41.8. The summed E-state index contributed by atoms with van der Waals surface area (Å²) in [6, 6.07) is 0.965. The summed E-state index contributed by atoms with van der Waals surface area (Å²) in [5.41, 5.74) is -2.10. The van der Waals surface area contributed by atoms with Crippen molar-refractivity contribution in [1.29, 1.82) is 0 Å². The number of ketones is 1. The Morgan fingerprint density at radius 1 is 0.927 bits per heavy atom. The summed E-state index contributed by atoms with van der Waals surface area (Å²) < 4.78 is 25.2. The summed E-state index contributed by atoms with van der Waals surface area (Å²) in [7, 11) is 12.2. The van der Waals surface area contributed by atoms with Crippen LogP contribution in [0.5, 0.6) is 0 Å². The van der Waals surface area contributed by atoms with E-state index >= 15 is 0 Å². The first-order chi connectivity index (χ1) is 19.0. The van der Waals surface area contributed by atoms with Gasteiger partial charge in [0.2, 0.25) is 0 Å². The summed E-state index contributed by atoms with van der Waals surface area (Å²) in [5, 5.41) is 0. The van der Waals surface area contributed by atoms with Gasteiger partial charge in [0, 0.05) is 44.1 Å². The van der Waals surface area contributed by atoms with Crippen LogP contribution < -0.4 is 0 Å². The minimum absolute atomic E-state index is 0.0326. The van der Waals surface area contributed by atoms with E-state index in [0.29, 0.717) is 37.5 Å². The van der Waals surface area contributed by atoms with Crippen LogP contribution in [-0.2, 0) is 28.5 Å². The first-order valence-electron chi connectivity index (χ1n) is 15.6. The Morgan fingerprint density at radius 2 is 1.51 bits per heavy atom. The number of methoxy groups -OCH3 is 1. The van der Waals surface area contributed by atoms with E-state index in [-0.39, 0.29) is 23.8 Å². The van der Waals surface area contributed by atoms with E-state index in [0.717, 1.165) is 25.8 Å². The highest BCUT2D eigenvalue weighted by Crippen LogP contribution is 2.40. The molecule has 2 heterocycles. The number of esters is 1. The SMILES string of the molecule is CO[C@]1(C)C[C@@H](C)CN(C)[C@H](C2CC(N(C)C)C2)COC(=O)C(C)(C)C(=O)[C@H](C)[C@H]1O[C@H]1C[C@@H](N(C)C)C[C@@H](C)O1. The number of likely N-dealkylation sites (N-methyl/N-ethyl adjacent to an activating group) is 1. The number of carbonyl (C=O) groups is 2. The average molecular weight is 582 g/mol. The zero-order chi connectivity index (χ0) is 30.9. The van der Waals surface area contributed by atoms with Crippen LogP contribution >= 0.6 is 0 Å². The molecule has 8 atom stereocenters. The van der Waals surface area contributed by atoms with Crippen molar-refractivity contribution in [3.8, 4) is 0 Å². The molecule has 0 N–H and O–H groups in total. The van der Waals surface area contributed by atoms with E-state index in [9.17, 15) is 9.59 Å². The second-order valence-corrected chi connectivity index (χ2v) is 14.6. The number of hydrogen-bond donors (Lipinski definition) is 0. The molecule has 2 aliphatic heterocycles. The van der Waals surface area contributed by atoms with Gasteiger partial charge in [-0.25, -0.2) is 0 Å². The van der Waals surface area contributed by atoms with Crippen molar-refractivity contribution in [2.75, 3.05) is 55.5 Å². The number of nitrogens with zero attached hydrogens (tertiary/aromatic N) is 3. The van der Waals surface area contributed by atoms with E-state index in [1.54, 1.807) is 21.0 Å². The maximum atomic E-state index is 14.1. The molecule has 0 aromatic rings. The molecule has 0 amide bonds. The van der Waals surface area contributed by atoms with Crippen LogP contribution in [0.1, 0.15) is 73.6 Å². The van der Waals surface area contributed by atoms with Crippen molar-refractivity contribution in [3.05, 3.63) is 0 Å². The Kier molecular flexibility index (Phi) is 11.5. The van der Waals surface area contributed by atoms with Crippen molar-refractivity contribution in [2.24, 2.45) is 23.2 Å². The van der Waals surface area contributed by atoms with Gasteiger partial charge >= 0.3 is 5.97 Å². The Bertz CT molecular complexity index is 891. The van der Waals surface area contributed by atoms with Gasteiger partial charge in [0.25, 0.3) is 0 Å². The number of rotatable bonds is 6. The maximum Gasteiger partial charge on any atom is 0.319 e. The Morgan fingerprint density at radius 3 is 2.07 bits per heavy atom. The summed E-state index contributed by atoms with van der Waals surface area (Å²) >= 11 is 0. The van der Waals surface area contributed by atoms with Crippen LogP contribution in [0.4, 0.5) is 0 Å². The molecular weight excluding hydrogens is 522 g/mol. The second-order valence-electron chi connectivity index (χ2n) is 14.6. The van der Waals surface area contributed by atoms with Crippen LogP contribution in [0, 0.1) is 23.2 Å². The predicted octanol–water partition coefficient (Wildman–Crippen LogP) is 3.69. The van der Waals surface area contributed by atoms with Crippen LogP contribution in [0.3, 0.4) is 0 Å². The highest BCUT2D eigenvalue weighted by molar-refractivity contribution is 6.04. The Labute approximate surface area is 249 Å². The second kappa shape index (κ2) is 13.7. The third kappa shape index (κ3) is 7.90. The molecule has 3 rings (SSSR count). The lowest BCUT2D eigenvalue weighted by atomic mass is 9.74. The van der Waals surface area contributed by atoms with Crippen LogP contribution in [0.25, 0.3) is 0 Å². The fourth-order valence-corrected chi connectivity index (χ4v) is 7.37. The number of ether oxygens (including phenoxy) is 4. The highest BCUT2D eigenvalue weighted by atomic mass is 16.7. The van der Waals surface area contributed by atoms with E-state index in [1.807, 2.05) is 13.8 Å². The molecule has 3 aliphatic rings. The first kappa shape index (κ1) is 34.4. The molecule has 0 bridgehead atoms. The van der Waals surface area contributed by atoms with Crippen molar-refractivity contribution in [3.63, 3.8) is 0 Å². The zero-order valence-electron chi connectivity index (χ0n) is 27.9. The summed E-state index contributed by atoms with van der Waals surface area (Å²) in [4.78, 5) is 34.5. The van der Waals surface area contributed by atoms with Crippen LogP contribution in [-0.4, -0.2) is 124 Å². The third-order valence-corrected chi connectivity index (χ3v) is 10.3. The number of Topliss-reactive ketones (excluding diaryl/α,β-unsaturated/α-hetero) is 1. The van der Waals surface area contributed by atoms with Gasteiger partial charge < -0.3 is 28.7 Å². The number of carbonyl (C=O) groups excluding carboxylic acids is 2. The van der Waals surface area contributed by atoms with Gasteiger partial charge in [0.1, 0.15) is 12.0 Å². The molecule has 0 aromatic heterocycles. The number of cyclic esters (lactones) is 1. The highest BCUT2D eigenvalue weighted by Gasteiger charge is 2.51. The molecule has 3 fully saturated rings. The summed E-state index contributed by atoms with van der Waals surface area (Å²) in [6.45, 7) is 12.7. The quantitative estimate of drug-likeness (QED) is 0.345. The van der Waals surface area contributed by atoms with Gasteiger partial charge in [-0.15, -0.1) is 0 Å². The number of hydrogen-bond acceptors (Lipinski definition) is 9. The van der Waals surface area contributed by atoms with Gasteiger partial charge in [-0.3, -0.25) is 14.5 Å². The van der Waals surface area contributed by atoms with Crippen molar-refractivity contribution in [1.82, 2.24) is 14.7 Å². The van der Waals surface area contributed by atoms with Gasteiger partial charge in [0.05, 0.1) is 17.8 Å². The molecule has 1 aliphatic carbocycles. The molecule has 0 radical (unpaired) electrons. The van der Waals surface area contributed by atoms with E-state index in [4.69, 9.17) is 18.9 Å². The maximum absolute atomic E-state index is 14.1. The van der Waals surface area contributed by atoms with Crippen LogP contribution in [0.15, 0.2) is 0 Å². The van der Waals surface area contributed by atoms with Crippen molar-refractivity contribution in [2.45, 2.75) is 116 Å². The van der Waals surface area contributed by atoms with Gasteiger partial charge in [0.15, 0.2) is 12.1 Å². The standard InChI is InChI=1S/C32H59N3O6/c1-20-17-32(6,38-12)29(41-27-16-24(33(7)8)13-21(2)40-27)22(3)28(36)31(4,5)30(37)39-19-26(35(11)18-20)23-14-25(15-23)34(9)10/h20-27,29H,13-19H2,1-12H3/t20-,21-,22+,23?,24+,25?,26+,27+,29-,32-/m1/s1. The molecule has 9 heteroatoms. The molecule has 0 aromatic carbocycles. The summed E-state index contributed by atoms with van der Waals surface area (Å²) in [6.07, 6.45) is 3.43. The average Bonchev–Trinajstić information content (AvgIpc) is 2.85. The van der Waals surface area contributed by atoms with Crippen molar-refractivity contribution < 1.29 is 28.5 Å². The molecule has 9 nitrogen and oxygen atoms in total. The van der Waals surface area contributed by atoms with Crippen molar-refractivity contribution >= 4 is 11.8 Å². The molecule has 1 saturated carbocycles. The van der Waals surface area contributed by atoms with E-state index < -0.39 is 35.3 Å². The Balaban J connectivity index is 1.93. The van der Waals surface area contributed by atoms with Gasteiger partial charge in [-0.1, -0.05) is 13.8 Å². The van der Waals surface area contributed by atoms with Gasteiger partial charge in [-0.2, -0.15) is 0 Å². The monoisotopic (exact) mass is 581 g/mol. The molecule has 0 spiro atoms. The predicted molar refractivity (Wildman–Crippen MR) is 161 cm³/mol. The molecule has 0 unspecified atom stereocenters. The Hall–Kier alpha value is -1.10. The zero-order valence-corrected chi connectivity index (χ0v) is 27.9. The first-order valence-corrected chi connectivity index (χ1v) is 15.6. The minimum Gasteiger partial charge on any atom is -0.463 e. The van der Waals surface area contributed by atoms with E-state index in [1.165, 1.54) is 0 Å². The lowest BCUT2D eigenvalue weighted by Gasteiger charge is -2.47. The molecular formula is C32H59N3O6. The topological polar surface area (TPSA) is 80.8 Å². The van der Waals surface area contributed by atoms with Gasteiger partial charge in [-0.05, 0) is 100 Å². The smallest absolute Gasteiger partial charge is 0.319 e. The third-order valence-electron chi connectivity index (χ3n) is 10.3. The molecule has 41 heavy (non-hydrogen) atoms. The lowest BCUT2D eigenvalue weighted by molar-refractivity contribution is -0.263. The molecule has 238 valence electrons. The largest absolute Gasteiger partial charge is 0.463 e. The fourth-order valence-electron chi connectivity index (χ4n) is 7.37. The fraction of sp³-hybridized carbons (Fsp3) is 0.938. The minimum atomic E-state index is -1.32. The van der Waals surface area contributed by atoms with E-state index in [2.05, 4.69) is 63.8 Å². The molecule has 2 saturated heterocycles.